The lowest BCUT2D eigenvalue weighted by molar-refractivity contribution is -0.155. The van der Waals surface area contributed by atoms with Crippen molar-refractivity contribution < 1.29 is 33.6 Å². The molecular weight excluding hydrogens is 328 g/mol. The fraction of sp³-hybridized carbons (Fsp3) is 0.667. The van der Waals surface area contributed by atoms with Crippen molar-refractivity contribution in [1.82, 2.24) is 0 Å². The Kier molecular flexibility index (Phi) is 2.14. The number of cyclic esters (lactones) is 1. The zero-order valence-electron chi connectivity index (χ0n) is 13.8. The monoisotopic (exact) mass is 346 g/mol. The molecule has 0 amide bonds. The molecule has 0 aromatic heterocycles. The lowest BCUT2D eigenvalue weighted by atomic mass is 9.46. The van der Waals surface area contributed by atoms with Crippen LogP contribution in [0.3, 0.4) is 0 Å². The number of aliphatic hydroxyl groups excluding tert-OH is 1. The van der Waals surface area contributed by atoms with E-state index < -0.39 is 58.9 Å². The quantitative estimate of drug-likeness (QED) is 0.401. The summed E-state index contributed by atoms with van der Waals surface area (Å²) in [6, 6.07) is 0. The maximum absolute atomic E-state index is 12.7. The number of ether oxygens (including phenoxy) is 4. The zero-order valence-corrected chi connectivity index (χ0v) is 13.8. The predicted molar refractivity (Wildman–Crippen MR) is 80.0 cm³/mol. The van der Waals surface area contributed by atoms with E-state index in [-0.39, 0.29) is 12.0 Å². The average Bonchev–Trinajstić information content (AvgIpc) is 3.46. The highest BCUT2D eigenvalue weighted by Gasteiger charge is 2.88. The molecular formula is C18H18O7. The molecule has 4 heterocycles. The molecule has 4 aliphatic heterocycles. The summed E-state index contributed by atoms with van der Waals surface area (Å²) in [7, 11) is 0. The highest BCUT2D eigenvalue weighted by atomic mass is 16.7. The Hall–Kier alpha value is -1.70. The smallest absolute Gasteiger partial charge is 0.331 e. The molecule has 1 spiro atoms. The number of rotatable bonds is 1. The number of aliphatic hydroxyl groups is 1. The van der Waals surface area contributed by atoms with Crippen LogP contribution in [-0.4, -0.2) is 59.3 Å². The van der Waals surface area contributed by atoms with Crippen LogP contribution in [-0.2, 0) is 28.5 Å². The van der Waals surface area contributed by atoms with E-state index in [9.17, 15) is 14.7 Å². The molecule has 10 atom stereocenters. The van der Waals surface area contributed by atoms with Gasteiger partial charge in [0, 0.05) is 17.4 Å². The van der Waals surface area contributed by atoms with Gasteiger partial charge < -0.3 is 24.1 Å². The van der Waals surface area contributed by atoms with E-state index in [1.807, 2.05) is 6.92 Å². The van der Waals surface area contributed by atoms with Crippen LogP contribution in [0.4, 0.5) is 0 Å². The van der Waals surface area contributed by atoms with Gasteiger partial charge in [-0.1, -0.05) is 13.5 Å². The number of carbonyl (C=O) groups excluding carboxylic acids is 2. The van der Waals surface area contributed by atoms with Crippen molar-refractivity contribution in [1.29, 1.82) is 0 Å². The summed E-state index contributed by atoms with van der Waals surface area (Å²) in [5.41, 5.74) is -1.78. The molecule has 3 saturated heterocycles. The van der Waals surface area contributed by atoms with Crippen molar-refractivity contribution in [2.24, 2.45) is 16.7 Å². The summed E-state index contributed by atoms with van der Waals surface area (Å²) in [6.45, 7) is 7.51. The van der Waals surface area contributed by atoms with E-state index in [2.05, 4.69) is 6.58 Å². The minimum absolute atomic E-state index is 0.276. The van der Waals surface area contributed by atoms with Crippen LogP contribution >= 0.6 is 0 Å². The van der Waals surface area contributed by atoms with E-state index >= 15 is 0 Å². The number of epoxide rings is 2. The predicted octanol–water partition coefficient (Wildman–Crippen LogP) is -0.129. The van der Waals surface area contributed by atoms with Gasteiger partial charge in [0.2, 0.25) is 0 Å². The fourth-order valence-corrected chi connectivity index (χ4v) is 6.34. The third kappa shape index (κ3) is 1.21. The number of hydrogen-bond acceptors (Lipinski definition) is 7. The molecule has 0 bridgehead atoms. The first kappa shape index (κ1) is 14.5. The van der Waals surface area contributed by atoms with Crippen LogP contribution < -0.4 is 0 Å². The van der Waals surface area contributed by atoms with Crippen molar-refractivity contribution >= 4 is 11.9 Å². The van der Waals surface area contributed by atoms with Gasteiger partial charge in [0.1, 0.15) is 23.7 Å². The highest BCUT2D eigenvalue weighted by molar-refractivity contribution is 5.88. The van der Waals surface area contributed by atoms with Crippen molar-refractivity contribution in [3.05, 3.63) is 24.3 Å². The van der Waals surface area contributed by atoms with Gasteiger partial charge in [-0.3, -0.25) is 4.79 Å². The molecule has 0 unspecified atom stereocenters. The summed E-state index contributed by atoms with van der Waals surface area (Å²) in [5.74, 6) is -1.20. The molecule has 6 aliphatic rings. The molecule has 7 heteroatoms. The molecule has 5 fully saturated rings. The molecule has 25 heavy (non-hydrogen) atoms. The van der Waals surface area contributed by atoms with Crippen LogP contribution in [0.25, 0.3) is 0 Å². The second kappa shape index (κ2) is 3.70. The second-order valence-electron chi connectivity index (χ2n) is 8.36. The summed E-state index contributed by atoms with van der Waals surface area (Å²) in [5, 5.41) is 10.7. The fourth-order valence-electron chi connectivity index (χ4n) is 6.34. The lowest BCUT2D eigenvalue weighted by Gasteiger charge is -2.53. The third-order valence-electron chi connectivity index (χ3n) is 7.47. The zero-order chi connectivity index (χ0) is 17.5. The Morgan fingerprint density at radius 3 is 2.64 bits per heavy atom. The average molecular weight is 346 g/mol. The Balaban J connectivity index is 1.62. The molecule has 7 nitrogen and oxygen atoms in total. The first-order valence-electron chi connectivity index (χ1n) is 8.59. The van der Waals surface area contributed by atoms with Crippen LogP contribution in [0.2, 0.25) is 0 Å². The SMILES string of the molecule is C=C[C@H]1OC(=O)C=C2[C@]3(C)[C@H]4[C@H](OC(=O)[C@@]4(C)[C@@H](O)[C@H]4O[C@H]43)[C@H]3O[C@@]231. The molecule has 0 aromatic rings. The first-order chi connectivity index (χ1) is 11.8. The summed E-state index contributed by atoms with van der Waals surface area (Å²) in [4.78, 5) is 24.9. The topological polar surface area (TPSA) is 97.9 Å². The summed E-state index contributed by atoms with van der Waals surface area (Å²) < 4.78 is 23.0. The maximum atomic E-state index is 12.7. The van der Waals surface area contributed by atoms with Crippen molar-refractivity contribution in [3.8, 4) is 0 Å². The second-order valence-corrected chi connectivity index (χ2v) is 8.36. The van der Waals surface area contributed by atoms with E-state index in [0.717, 1.165) is 5.57 Å². The van der Waals surface area contributed by atoms with Gasteiger partial charge in [-0.15, -0.1) is 0 Å². The van der Waals surface area contributed by atoms with Gasteiger partial charge in [0.15, 0.2) is 11.7 Å². The molecule has 2 saturated carbocycles. The lowest BCUT2D eigenvalue weighted by Crippen LogP contribution is -2.65. The summed E-state index contributed by atoms with van der Waals surface area (Å²) in [6.07, 6.45) is -0.125. The number of esters is 2. The van der Waals surface area contributed by atoms with Gasteiger partial charge in [0.25, 0.3) is 0 Å². The van der Waals surface area contributed by atoms with Crippen molar-refractivity contribution in [2.75, 3.05) is 0 Å². The van der Waals surface area contributed by atoms with Crippen molar-refractivity contribution in [2.45, 2.75) is 56.1 Å². The Labute approximate surface area is 143 Å². The molecule has 132 valence electrons. The molecule has 1 N–H and O–H groups in total. The van der Waals surface area contributed by atoms with Crippen LogP contribution in [0.15, 0.2) is 24.3 Å². The van der Waals surface area contributed by atoms with Crippen molar-refractivity contribution in [3.63, 3.8) is 0 Å². The normalized spacial score (nSPS) is 62.4. The van der Waals surface area contributed by atoms with Gasteiger partial charge >= 0.3 is 11.9 Å². The Bertz CT molecular complexity index is 803. The van der Waals surface area contributed by atoms with E-state index in [4.69, 9.17) is 18.9 Å². The molecule has 0 radical (unpaired) electrons. The molecule has 2 aliphatic carbocycles. The van der Waals surface area contributed by atoms with Gasteiger partial charge in [-0.05, 0) is 18.6 Å². The van der Waals surface area contributed by atoms with E-state index in [1.54, 1.807) is 13.0 Å². The van der Waals surface area contributed by atoms with Crippen LogP contribution in [0.1, 0.15) is 13.8 Å². The standard InChI is InChI=1S/C18H18O7/c1-4-7-18-6(5-8(19)22-7)16(2)11-9(14(18)25-18)24-15(21)17(11,3)12(20)10-13(16)23-10/h4-5,7,9-14,20H,1H2,2-3H3/t7-,9+,10-,11-,12+,13-,14-,16-,17-,18-/m1/s1. The Morgan fingerprint density at radius 2 is 1.92 bits per heavy atom. The van der Waals surface area contributed by atoms with Gasteiger partial charge in [0.05, 0.1) is 12.2 Å². The first-order valence-corrected chi connectivity index (χ1v) is 8.59. The highest BCUT2D eigenvalue weighted by Crippen LogP contribution is 2.75. The largest absolute Gasteiger partial charge is 0.459 e. The molecule has 0 aromatic carbocycles. The van der Waals surface area contributed by atoms with Gasteiger partial charge in [-0.25, -0.2) is 4.79 Å². The number of fused-ring (bicyclic) bond motifs is 4. The van der Waals surface area contributed by atoms with Crippen LogP contribution in [0.5, 0.6) is 0 Å². The number of hydrogen-bond donors (Lipinski definition) is 1. The third-order valence-corrected chi connectivity index (χ3v) is 7.47. The number of carbonyl (C=O) groups is 2. The van der Waals surface area contributed by atoms with E-state index in [1.165, 1.54) is 6.08 Å². The minimum Gasteiger partial charge on any atom is -0.459 e. The summed E-state index contributed by atoms with van der Waals surface area (Å²) >= 11 is 0. The maximum Gasteiger partial charge on any atom is 0.331 e. The van der Waals surface area contributed by atoms with Crippen LogP contribution in [0, 0.1) is 16.7 Å². The van der Waals surface area contributed by atoms with Gasteiger partial charge in [-0.2, -0.15) is 0 Å². The van der Waals surface area contributed by atoms with E-state index in [0.29, 0.717) is 0 Å². The minimum atomic E-state index is -1.08. The Morgan fingerprint density at radius 1 is 1.16 bits per heavy atom. The molecule has 6 rings (SSSR count).